The fourth-order valence-electron chi connectivity index (χ4n) is 2.21. The van der Waals surface area contributed by atoms with Crippen molar-refractivity contribution in [3.05, 3.63) is 58.0 Å². The third-order valence-corrected chi connectivity index (χ3v) is 5.30. The van der Waals surface area contributed by atoms with Crippen molar-refractivity contribution in [3.8, 4) is 0 Å². The van der Waals surface area contributed by atoms with Crippen LogP contribution in [0.25, 0.3) is 0 Å². The van der Waals surface area contributed by atoms with Gasteiger partial charge in [0.1, 0.15) is 16.3 Å². The minimum Gasteiger partial charge on any atom is -0.298 e. The Bertz CT molecular complexity index is 1160. The van der Waals surface area contributed by atoms with Gasteiger partial charge in [-0.3, -0.25) is 37.4 Å². The molecule has 0 fully saturated rings. The van der Waals surface area contributed by atoms with Crippen LogP contribution < -0.4 is 22.5 Å². The Morgan fingerprint density at radius 3 is 1.64 bits per heavy atom. The second kappa shape index (κ2) is 9.51. The number of carbonyl (C=O) groups excluding carboxylic acids is 2. The number of hydrogen-bond acceptors (Lipinski definition) is 7. The highest BCUT2D eigenvalue weighted by atomic mass is 35.5. The molecule has 0 aliphatic heterocycles. The lowest BCUT2D eigenvalue weighted by Gasteiger charge is -2.10. The molecule has 0 aliphatic rings. The fourth-order valence-corrected chi connectivity index (χ4v) is 3.24. The summed E-state index contributed by atoms with van der Waals surface area (Å²) in [6.45, 7) is 1.89. The average Bonchev–Trinajstić information content (AvgIpc) is 2.68. The van der Waals surface area contributed by atoms with E-state index >= 15 is 0 Å². The van der Waals surface area contributed by atoms with Gasteiger partial charge in [-0.2, -0.15) is 0 Å². The lowest BCUT2D eigenvalue weighted by molar-refractivity contribution is 0.111. The summed E-state index contributed by atoms with van der Waals surface area (Å²) >= 11 is 6.90. The molecule has 0 atom stereocenters. The van der Waals surface area contributed by atoms with Crippen molar-refractivity contribution in [2.45, 2.75) is 11.9 Å². The number of aldehydes is 2. The molecule has 28 heavy (non-hydrogen) atoms. The van der Waals surface area contributed by atoms with Gasteiger partial charge in [0, 0.05) is 28.2 Å². The van der Waals surface area contributed by atoms with Crippen molar-refractivity contribution in [1.82, 2.24) is 18.3 Å². The van der Waals surface area contributed by atoms with Crippen LogP contribution in [-0.2, 0) is 28.2 Å². The highest BCUT2D eigenvalue weighted by Gasteiger charge is 2.14. The van der Waals surface area contributed by atoms with Gasteiger partial charge in [-0.15, -0.1) is 11.8 Å². The summed E-state index contributed by atoms with van der Waals surface area (Å²) in [5.74, 6) is 0.696. The summed E-state index contributed by atoms with van der Waals surface area (Å²) in [7, 11) is 5.58. The van der Waals surface area contributed by atoms with Crippen molar-refractivity contribution in [2.75, 3.05) is 5.75 Å². The van der Waals surface area contributed by atoms with Crippen molar-refractivity contribution >= 4 is 35.9 Å². The van der Waals surface area contributed by atoms with Gasteiger partial charge >= 0.3 is 11.4 Å². The summed E-state index contributed by atoms with van der Waals surface area (Å²) in [6, 6.07) is 0. The molecule has 2 aromatic rings. The smallest absolute Gasteiger partial charge is 0.298 e. The number of nitrogens with zero attached hydrogens (tertiary/aromatic N) is 4. The summed E-state index contributed by atoms with van der Waals surface area (Å²) in [4.78, 5) is 66.8. The quantitative estimate of drug-likeness (QED) is 0.366. The van der Waals surface area contributed by atoms with Gasteiger partial charge in [0.2, 0.25) is 0 Å². The second-order valence-corrected chi connectivity index (χ2v) is 7.11. The molecule has 0 radical (unpaired) electrons. The van der Waals surface area contributed by atoms with Crippen LogP contribution >= 0.6 is 23.4 Å². The van der Waals surface area contributed by atoms with Gasteiger partial charge in [0.05, 0.1) is 5.03 Å². The van der Waals surface area contributed by atoms with E-state index in [1.165, 1.54) is 37.5 Å². The maximum atomic E-state index is 11.6. The molecule has 0 bridgehead atoms. The van der Waals surface area contributed by atoms with E-state index in [0.29, 0.717) is 23.4 Å². The molecule has 0 spiro atoms. The van der Waals surface area contributed by atoms with E-state index in [-0.39, 0.29) is 16.3 Å². The summed E-state index contributed by atoms with van der Waals surface area (Å²) in [6.07, 6.45) is 0.837. The molecule has 0 N–H and O–H groups in total. The number of rotatable bonds is 4. The Balaban J connectivity index is 0.000000283. The van der Waals surface area contributed by atoms with E-state index in [1.54, 1.807) is 7.05 Å². The number of hydrogen-bond donors (Lipinski definition) is 0. The SMILES string of the molecule is CCSc1c(C=O)c(=O)n(C)c(=O)n1C.Cn1c(Cl)c(C=O)c(=O)n(C)c1=O. The zero-order valence-corrected chi connectivity index (χ0v) is 17.5. The van der Waals surface area contributed by atoms with Gasteiger partial charge in [-0.25, -0.2) is 9.59 Å². The van der Waals surface area contributed by atoms with Crippen LogP contribution in [0.15, 0.2) is 24.2 Å². The van der Waals surface area contributed by atoms with Crippen LogP contribution in [0.3, 0.4) is 0 Å². The fraction of sp³-hybridized carbons (Fsp3) is 0.375. The normalized spacial score (nSPS) is 10.2. The molecule has 12 heteroatoms. The highest BCUT2D eigenvalue weighted by Crippen LogP contribution is 2.16. The van der Waals surface area contributed by atoms with Crippen molar-refractivity contribution in [1.29, 1.82) is 0 Å². The molecular formula is C16H19ClN4O6S. The Labute approximate surface area is 168 Å². The molecule has 10 nitrogen and oxygen atoms in total. The molecular weight excluding hydrogens is 412 g/mol. The van der Waals surface area contributed by atoms with Crippen LogP contribution in [0.5, 0.6) is 0 Å². The minimum atomic E-state index is -0.678. The third-order valence-electron chi connectivity index (χ3n) is 3.79. The topological polar surface area (TPSA) is 122 Å². The number of halogens is 1. The highest BCUT2D eigenvalue weighted by molar-refractivity contribution is 7.99. The van der Waals surface area contributed by atoms with Gasteiger partial charge in [0.15, 0.2) is 12.6 Å². The number of aromatic nitrogens is 4. The van der Waals surface area contributed by atoms with Crippen LogP contribution in [-0.4, -0.2) is 36.6 Å². The van der Waals surface area contributed by atoms with Crippen LogP contribution in [0, 0.1) is 0 Å². The molecule has 0 saturated heterocycles. The first-order chi connectivity index (χ1) is 13.0. The lowest BCUT2D eigenvalue weighted by Crippen LogP contribution is -2.39. The van der Waals surface area contributed by atoms with E-state index in [2.05, 4.69) is 0 Å². The summed E-state index contributed by atoms with van der Waals surface area (Å²) in [5.41, 5.74) is -2.34. The average molecular weight is 431 g/mol. The van der Waals surface area contributed by atoms with E-state index in [4.69, 9.17) is 11.6 Å². The van der Waals surface area contributed by atoms with Crippen LogP contribution in [0.2, 0.25) is 5.15 Å². The Morgan fingerprint density at radius 2 is 1.21 bits per heavy atom. The largest absolute Gasteiger partial charge is 0.331 e. The van der Waals surface area contributed by atoms with E-state index in [9.17, 15) is 28.8 Å². The Morgan fingerprint density at radius 1 is 0.786 bits per heavy atom. The first-order valence-corrected chi connectivity index (χ1v) is 9.20. The summed E-state index contributed by atoms with van der Waals surface area (Å²) in [5, 5.41) is 0.295. The van der Waals surface area contributed by atoms with Crippen molar-refractivity contribution < 1.29 is 9.59 Å². The molecule has 0 aliphatic carbocycles. The monoisotopic (exact) mass is 430 g/mol. The Hall–Kier alpha value is -2.66. The molecule has 0 amide bonds. The molecule has 2 aromatic heterocycles. The second-order valence-electron chi connectivity index (χ2n) is 5.50. The summed E-state index contributed by atoms with van der Waals surface area (Å²) < 4.78 is 4.12. The van der Waals surface area contributed by atoms with Gasteiger partial charge in [-0.1, -0.05) is 18.5 Å². The van der Waals surface area contributed by atoms with E-state index in [1.807, 2.05) is 6.92 Å². The predicted octanol–water partition coefficient (Wildman–Crippen LogP) is -0.442. The van der Waals surface area contributed by atoms with Gasteiger partial charge in [-0.05, 0) is 5.75 Å². The van der Waals surface area contributed by atoms with Crippen LogP contribution in [0.1, 0.15) is 27.6 Å². The zero-order valence-electron chi connectivity index (χ0n) is 15.9. The minimum absolute atomic E-state index is 0.0476. The third kappa shape index (κ3) is 4.25. The molecule has 0 aromatic carbocycles. The number of carbonyl (C=O) groups is 2. The van der Waals surface area contributed by atoms with E-state index in [0.717, 1.165) is 13.7 Å². The first kappa shape index (κ1) is 23.4. The first-order valence-electron chi connectivity index (χ1n) is 7.83. The molecule has 0 unspecified atom stereocenters. The van der Waals surface area contributed by atoms with Crippen molar-refractivity contribution in [2.24, 2.45) is 28.2 Å². The van der Waals surface area contributed by atoms with Crippen LogP contribution in [0.4, 0.5) is 0 Å². The zero-order chi connectivity index (χ0) is 21.8. The standard InChI is InChI=1S/C9H12N2O3S.C7H7ClN2O3/c1-4-15-8-6(5-12)7(13)10(2)9(14)11(8)3;1-9-5(8)4(3-11)6(12)10(2)7(9)13/h5H,4H2,1-3H3;3H,1-2H3. The van der Waals surface area contributed by atoms with Crippen molar-refractivity contribution in [3.63, 3.8) is 0 Å². The van der Waals surface area contributed by atoms with Gasteiger partial charge < -0.3 is 0 Å². The molecule has 0 saturated carbocycles. The Kier molecular flexibility index (Phi) is 7.94. The van der Waals surface area contributed by atoms with Gasteiger partial charge in [0.25, 0.3) is 11.1 Å². The van der Waals surface area contributed by atoms with E-state index < -0.39 is 22.5 Å². The molecule has 2 rings (SSSR count). The lowest BCUT2D eigenvalue weighted by atomic mass is 10.3. The molecule has 2 heterocycles. The predicted molar refractivity (Wildman–Crippen MR) is 106 cm³/mol. The number of thioether (sulfide) groups is 1. The molecule has 152 valence electrons. The maximum absolute atomic E-state index is 11.6. The maximum Gasteiger partial charge on any atom is 0.331 e.